The van der Waals surface area contributed by atoms with Gasteiger partial charge in [0.15, 0.2) is 11.2 Å². The Labute approximate surface area is 177 Å². The number of hydroxylamine groups is 2. The summed E-state index contributed by atoms with van der Waals surface area (Å²) in [6, 6.07) is 7.29. The predicted octanol–water partition coefficient (Wildman–Crippen LogP) is 1.68. The molecule has 1 aliphatic heterocycles. The molecule has 30 heavy (non-hydrogen) atoms. The second-order valence-corrected chi connectivity index (χ2v) is 8.42. The molecule has 1 fully saturated rings. The maximum absolute atomic E-state index is 12.7. The van der Waals surface area contributed by atoms with Gasteiger partial charge in [-0.05, 0) is 30.5 Å². The van der Waals surface area contributed by atoms with Crippen molar-refractivity contribution in [1.29, 1.82) is 0 Å². The minimum atomic E-state index is -0.875. The van der Waals surface area contributed by atoms with Crippen LogP contribution in [0.5, 0.6) is 0 Å². The van der Waals surface area contributed by atoms with Crippen LogP contribution in [-0.4, -0.2) is 48.4 Å². The first-order chi connectivity index (χ1) is 14.3. The lowest BCUT2D eigenvalue weighted by atomic mass is 9.66. The maximum Gasteiger partial charge on any atom is 0.280 e. The van der Waals surface area contributed by atoms with Crippen LogP contribution in [0.4, 0.5) is 0 Å². The molecule has 9 nitrogen and oxygen atoms in total. The molecule has 0 saturated heterocycles. The van der Waals surface area contributed by atoms with Gasteiger partial charge in [0.2, 0.25) is 5.90 Å². The van der Waals surface area contributed by atoms with E-state index in [1.54, 1.807) is 35.1 Å². The number of aliphatic imine (C=N–C) groups is 1. The summed E-state index contributed by atoms with van der Waals surface area (Å²) in [5, 5.41) is 13.2. The van der Waals surface area contributed by atoms with E-state index in [9.17, 15) is 9.90 Å². The number of aryl methyl sites for hydroxylation is 1. The number of nitrogens with zero attached hydrogens (tertiary/aromatic N) is 6. The van der Waals surface area contributed by atoms with Crippen molar-refractivity contribution in [2.24, 2.45) is 18.0 Å². The molecule has 3 heterocycles. The van der Waals surface area contributed by atoms with Gasteiger partial charge in [-0.3, -0.25) is 9.36 Å². The normalized spacial score (nSPS) is 26.5. The zero-order chi connectivity index (χ0) is 21.0. The molecule has 1 atom stereocenters. The highest BCUT2D eigenvalue weighted by Gasteiger charge is 2.50. The molecule has 0 spiro atoms. The molecular weight excluding hydrogens is 408 g/mol. The molecule has 2 aliphatic rings. The van der Waals surface area contributed by atoms with Crippen molar-refractivity contribution in [3.63, 3.8) is 0 Å². The van der Waals surface area contributed by atoms with Crippen molar-refractivity contribution in [2.75, 3.05) is 7.05 Å². The third-order valence-corrected chi connectivity index (χ3v) is 6.16. The quantitative estimate of drug-likeness (QED) is 0.679. The Bertz CT molecular complexity index is 1200. The minimum Gasteiger partial charge on any atom is -0.387 e. The number of halogens is 1. The van der Waals surface area contributed by atoms with Crippen LogP contribution in [0.2, 0.25) is 5.02 Å². The van der Waals surface area contributed by atoms with Gasteiger partial charge in [0.1, 0.15) is 19.0 Å². The topological polar surface area (TPSA) is 97.8 Å². The first kappa shape index (κ1) is 19.2. The molecule has 5 rings (SSSR count). The Morgan fingerprint density at radius 3 is 2.63 bits per heavy atom. The highest BCUT2D eigenvalue weighted by Crippen LogP contribution is 2.49. The lowest BCUT2D eigenvalue weighted by Gasteiger charge is -2.46. The largest absolute Gasteiger partial charge is 0.387 e. The molecule has 3 aromatic rings. The van der Waals surface area contributed by atoms with Crippen LogP contribution in [0.3, 0.4) is 0 Å². The van der Waals surface area contributed by atoms with Crippen LogP contribution < -0.4 is 5.56 Å². The van der Waals surface area contributed by atoms with E-state index in [2.05, 4.69) is 15.0 Å². The molecule has 1 unspecified atom stereocenters. The van der Waals surface area contributed by atoms with Crippen LogP contribution in [0, 0.1) is 5.92 Å². The Morgan fingerprint density at radius 1 is 1.20 bits per heavy atom. The molecular formula is C20H21ClN6O3. The van der Waals surface area contributed by atoms with Gasteiger partial charge in [0.25, 0.3) is 5.56 Å². The van der Waals surface area contributed by atoms with E-state index in [1.807, 2.05) is 19.2 Å². The predicted molar refractivity (Wildman–Crippen MR) is 111 cm³/mol. The van der Waals surface area contributed by atoms with Crippen molar-refractivity contribution in [3.05, 3.63) is 57.9 Å². The van der Waals surface area contributed by atoms with Crippen LogP contribution in [0.25, 0.3) is 11.2 Å². The fourth-order valence-corrected chi connectivity index (χ4v) is 4.42. The Kier molecular flexibility index (Phi) is 4.42. The molecule has 1 aromatic carbocycles. The summed E-state index contributed by atoms with van der Waals surface area (Å²) < 4.78 is 3.11. The van der Waals surface area contributed by atoms with Crippen LogP contribution in [0.15, 0.2) is 46.7 Å². The third kappa shape index (κ3) is 3.10. The number of hydrogen-bond donors (Lipinski definition) is 1. The van der Waals surface area contributed by atoms with Crippen molar-refractivity contribution in [2.45, 2.75) is 31.2 Å². The van der Waals surface area contributed by atoms with Gasteiger partial charge < -0.3 is 14.5 Å². The lowest BCUT2D eigenvalue weighted by molar-refractivity contribution is -0.143. The second-order valence-electron chi connectivity index (χ2n) is 7.99. The standard InChI is InChI=1S/C20H21ClN6O3/c1-25-10-22-17-16(25)19(28)27(11-23-17)9-15-24-18(26(2)30-15)12-7-20(29,8-12)13-3-5-14(21)6-4-13/h3-6,10-12,18,29H,7-9H2,1-2H3. The smallest absolute Gasteiger partial charge is 0.280 e. The van der Waals surface area contributed by atoms with Gasteiger partial charge in [-0.2, -0.15) is 0 Å². The van der Waals surface area contributed by atoms with E-state index in [0.717, 1.165) is 5.56 Å². The highest BCUT2D eigenvalue weighted by molar-refractivity contribution is 6.30. The van der Waals surface area contributed by atoms with Crippen molar-refractivity contribution in [1.82, 2.24) is 24.2 Å². The zero-order valence-corrected chi connectivity index (χ0v) is 17.3. The van der Waals surface area contributed by atoms with E-state index < -0.39 is 5.60 Å². The van der Waals surface area contributed by atoms with E-state index >= 15 is 0 Å². The third-order valence-electron chi connectivity index (χ3n) is 5.91. The summed E-state index contributed by atoms with van der Waals surface area (Å²) in [6.45, 7) is 0.183. The maximum atomic E-state index is 12.7. The van der Waals surface area contributed by atoms with Crippen molar-refractivity contribution in [3.8, 4) is 0 Å². The van der Waals surface area contributed by atoms with Gasteiger partial charge in [-0.15, -0.1) is 5.06 Å². The zero-order valence-electron chi connectivity index (χ0n) is 16.6. The molecule has 1 N–H and O–H groups in total. The summed E-state index contributed by atoms with van der Waals surface area (Å²) in [4.78, 5) is 31.5. The van der Waals surface area contributed by atoms with Crippen molar-refractivity contribution < 1.29 is 9.94 Å². The van der Waals surface area contributed by atoms with Gasteiger partial charge in [-0.25, -0.2) is 15.0 Å². The van der Waals surface area contributed by atoms with E-state index in [1.165, 1.54) is 10.9 Å². The number of rotatable bonds is 4. The molecule has 0 bridgehead atoms. The number of aliphatic hydroxyl groups is 1. The summed E-state index contributed by atoms with van der Waals surface area (Å²) in [7, 11) is 3.57. The van der Waals surface area contributed by atoms with Gasteiger partial charge in [-0.1, -0.05) is 23.7 Å². The number of hydrogen-bond acceptors (Lipinski definition) is 7. The molecule has 156 valence electrons. The van der Waals surface area contributed by atoms with E-state index in [-0.39, 0.29) is 24.2 Å². The Balaban J connectivity index is 1.32. The fourth-order valence-electron chi connectivity index (χ4n) is 4.29. The Hall–Kier alpha value is -2.75. The van der Waals surface area contributed by atoms with Gasteiger partial charge in [0.05, 0.1) is 11.9 Å². The minimum absolute atomic E-state index is 0.141. The second kappa shape index (κ2) is 6.90. The average Bonchev–Trinajstić information content (AvgIpc) is 3.25. The Morgan fingerprint density at radius 2 is 1.90 bits per heavy atom. The summed E-state index contributed by atoms with van der Waals surface area (Å²) >= 11 is 5.95. The number of benzene rings is 1. The molecule has 1 saturated carbocycles. The van der Waals surface area contributed by atoms with E-state index in [0.29, 0.717) is 34.9 Å². The molecule has 1 aliphatic carbocycles. The summed E-state index contributed by atoms with van der Waals surface area (Å²) in [5.41, 5.74) is 0.640. The van der Waals surface area contributed by atoms with Crippen LogP contribution >= 0.6 is 11.6 Å². The van der Waals surface area contributed by atoms with Crippen molar-refractivity contribution >= 4 is 28.7 Å². The monoisotopic (exact) mass is 428 g/mol. The van der Waals surface area contributed by atoms with Crippen LogP contribution in [0.1, 0.15) is 18.4 Å². The first-order valence-corrected chi connectivity index (χ1v) is 10.0. The molecule has 2 aromatic heterocycles. The molecule has 0 radical (unpaired) electrons. The number of imidazole rings is 1. The fraction of sp³-hybridized carbons (Fsp3) is 0.400. The highest BCUT2D eigenvalue weighted by atomic mass is 35.5. The summed E-state index contributed by atoms with van der Waals surface area (Å²) in [5.74, 6) is 0.581. The van der Waals surface area contributed by atoms with Crippen LogP contribution in [-0.2, 0) is 24.0 Å². The van der Waals surface area contributed by atoms with E-state index in [4.69, 9.17) is 16.4 Å². The molecule has 0 amide bonds. The number of fused-ring (bicyclic) bond motifs is 1. The molecule has 10 heteroatoms. The lowest BCUT2D eigenvalue weighted by Crippen LogP contribution is -2.48. The number of aromatic nitrogens is 4. The SMILES string of the molecule is CN1OC(Cn2cnc3ncn(C)c3c2=O)=NC1C1CC(O)(c2ccc(Cl)cc2)C1. The average molecular weight is 429 g/mol. The van der Waals surface area contributed by atoms with Gasteiger partial charge >= 0.3 is 0 Å². The van der Waals surface area contributed by atoms with Gasteiger partial charge in [0, 0.05) is 25.0 Å². The first-order valence-electron chi connectivity index (χ1n) is 9.66. The summed E-state index contributed by atoms with van der Waals surface area (Å²) in [6.07, 6.45) is 3.96.